The highest BCUT2D eigenvalue weighted by molar-refractivity contribution is 6.84. The van der Waals surface area contributed by atoms with Crippen molar-refractivity contribution in [3.8, 4) is 0 Å². The zero-order valence-electron chi connectivity index (χ0n) is 15.8. The normalized spacial score (nSPS) is 17.6. The molecule has 0 fully saturated rings. The molecular weight excluding hydrogens is 426 g/mol. The highest BCUT2D eigenvalue weighted by Gasteiger charge is 2.74. The lowest BCUT2D eigenvalue weighted by atomic mass is 10.4. The summed E-state index contributed by atoms with van der Waals surface area (Å²) in [6.07, 6.45) is 0. The molecule has 0 rings (SSSR count). The fourth-order valence-electron chi connectivity index (χ4n) is 3.02. The van der Waals surface area contributed by atoms with Gasteiger partial charge in [-0.15, -0.1) is 0 Å². The molecule has 0 saturated carbocycles. The van der Waals surface area contributed by atoms with Crippen LogP contribution in [0.25, 0.3) is 0 Å². The maximum atomic E-state index is 14.6. The third-order valence-corrected chi connectivity index (χ3v) is 11.9. The average molecular weight is 451 g/mol. The van der Waals surface area contributed by atoms with Crippen molar-refractivity contribution in [2.75, 3.05) is 0 Å². The monoisotopic (exact) mass is 450 g/mol. The van der Waals surface area contributed by atoms with Gasteiger partial charge in [-0.2, -0.15) is 0 Å². The minimum Gasteiger partial charge on any atom is -0.208 e. The predicted molar refractivity (Wildman–Crippen MR) is 87.4 cm³/mol. The van der Waals surface area contributed by atoms with Crippen LogP contribution in [0.4, 0.5) is 43.9 Å². The summed E-state index contributed by atoms with van der Waals surface area (Å²) in [5.41, 5.74) is -12.7. The first kappa shape index (κ1) is 26.7. The van der Waals surface area contributed by atoms with Gasteiger partial charge in [0.15, 0.2) is 8.07 Å². The fraction of sp³-hybridized carbons (Fsp3) is 1.00. The van der Waals surface area contributed by atoms with Crippen molar-refractivity contribution in [2.45, 2.75) is 93.6 Å². The predicted octanol–water partition coefficient (Wildman–Crippen LogP) is 7.09. The Bertz CT molecular complexity index is 494. The molecule has 0 spiro atoms. The Morgan fingerprint density at radius 3 is 1.41 bits per heavy atom. The summed E-state index contributed by atoms with van der Waals surface area (Å²) in [6, 6.07) is -4.31. The molecule has 1 atom stereocenters. The molecule has 0 saturated heterocycles. The van der Waals surface area contributed by atoms with E-state index in [-0.39, 0.29) is 13.8 Å². The lowest BCUT2D eigenvalue weighted by Gasteiger charge is -2.47. The third kappa shape index (κ3) is 5.86. The molecule has 0 aromatic rings. The first-order chi connectivity index (χ1) is 11.5. The van der Waals surface area contributed by atoms with Crippen molar-refractivity contribution < 1.29 is 43.9 Å². The topological polar surface area (TPSA) is 0 Å². The second kappa shape index (κ2) is 7.87. The lowest BCUT2D eigenvalue weighted by Crippen LogP contribution is -2.68. The average Bonchev–Trinajstić information content (AvgIpc) is 2.31. The minimum absolute atomic E-state index is 0.132. The third-order valence-electron chi connectivity index (χ3n) is 4.37. The van der Waals surface area contributed by atoms with E-state index in [1.807, 2.05) is 0 Å². The number of hydrogen-bond donors (Lipinski definition) is 0. The Morgan fingerprint density at radius 1 is 0.741 bits per heavy atom. The van der Waals surface area contributed by atoms with Gasteiger partial charge in [0.25, 0.3) is 11.1 Å². The zero-order chi connectivity index (χ0) is 22.3. The summed E-state index contributed by atoms with van der Waals surface area (Å²) in [4.78, 5) is 0. The molecule has 0 aromatic heterocycles. The molecule has 12 heteroatoms. The summed E-state index contributed by atoms with van der Waals surface area (Å²) in [6.45, 7) is 3.92. The maximum Gasteiger partial charge on any atom is 0.303 e. The molecule has 0 bridgehead atoms. The van der Waals surface area contributed by atoms with Crippen LogP contribution in [0, 0.1) is 0 Å². The highest BCUT2D eigenvalue weighted by Crippen LogP contribution is 2.56. The smallest absolute Gasteiger partial charge is 0.208 e. The van der Waals surface area contributed by atoms with E-state index in [1.54, 1.807) is 0 Å². The SMILES string of the molecule is CC(C)[Si]C(F)(F)C(F)(F)C[Si](CC(C)(F)F)(C(C)C)C(F)(F)C(C)(F)F. The van der Waals surface area contributed by atoms with Crippen LogP contribution >= 0.6 is 0 Å². The largest absolute Gasteiger partial charge is 0.303 e. The molecule has 0 aliphatic rings. The van der Waals surface area contributed by atoms with Crippen molar-refractivity contribution in [3.63, 3.8) is 0 Å². The molecule has 0 aliphatic heterocycles. The lowest BCUT2D eigenvalue weighted by molar-refractivity contribution is -0.167. The van der Waals surface area contributed by atoms with E-state index in [9.17, 15) is 43.9 Å². The van der Waals surface area contributed by atoms with E-state index < -0.39 is 69.6 Å². The van der Waals surface area contributed by atoms with Crippen LogP contribution in [-0.4, -0.2) is 46.5 Å². The fourth-order valence-corrected chi connectivity index (χ4v) is 9.33. The summed E-state index contributed by atoms with van der Waals surface area (Å²) in [7, 11) is -7.40. The summed E-state index contributed by atoms with van der Waals surface area (Å²) in [5, 5.41) is 0. The Morgan fingerprint density at radius 2 is 1.15 bits per heavy atom. The van der Waals surface area contributed by atoms with Crippen LogP contribution in [-0.2, 0) is 0 Å². The molecule has 0 aromatic carbocycles. The van der Waals surface area contributed by atoms with Gasteiger partial charge in [-0.3, -0.25) is 0 Å². The van der Waals surface area contributed by atoms with Crippen molar-refractivity contribution in [1.82, 2.24) is 0 Å². The van der Waals surface area contributed by atoms with Gasteiger partial charge in [0.05, 0.1) is 0 Å². The van der Waals surface area contributed by atoms with Gasteiger partial charge in [0.1, 0.15) is 9.52 Å². The first-order valence-electron chi connectivity index (χ1n) is 8.19. The van der Waals surface area contributed by atoms with Gasteiger partial charge in [-0.05, 0) is 18.0 Å². The van der Waals surface area contributed by atoms with Crippen LogP contribution in [0.15, 0.2) is 0 Å². The molecular formula is C15H24F10Si2. The Hall–Kier alpha value is -0.266. The molecule has 0 nitrogen and oxygen atoms in total. The molecule has 0 N–H and O–H groups in total. The first-order valence-corrected chi connectivity index (χ1v) is 11.8. The van der Waals surface area contributed by atoms with E-state index >= 15 is 0 Å². The minimum atomic E-state index is -5.73. The van der Waals surface area contributed by atoms with Gasteiger partial charge in [-0.1, -0.05) is 27.7 Å². The van der Waals surface area contributed by atoms with Crippen LogP contribution < -0.4 is 0 Å². The molecule has 0 aliphatic carbocycles. The second-order valence-corrected chi connectivity index (χ2v) is 14.6. The maximum absolute atomic E-state index is 14.6. The van der Waals surface area contributed by atoms with Crippen molar-refractivity contribution in [1.29, 1.82) is 0 Å². The number of alkyl halides is 10. The van der Waals surface area contributed by atoms with E-state index in [4.69, 9.17) is 0 Å². The van der Waals surface area contributed by atoms with E-state index in [0.717, 1.165) is 13.8 Å². The van der Waals surface area contributed by atoms with Crippen LogP contribution in [0.2, 0.25) is 23.2 Å². The molecule has 1 unspecified atom stereocenters. The molecule has 27 heavy (non-hydrogen) atoms. The van der Waals surface area contributed by atoms with Crippen molar-refractivity contribution >= 4 is 17.6 Å². The van der Waals surface area contributed by atoms with Gasteiger partial charge < -0.3 is 0 Å². The number of rotatable bonds is 10. The molecule has 2 radical (unpaired) electrons. The van der Waals surface area contributed by atoms with Crippen molar-refractivity contribution in [2.24, 2.45) is 0 Å². The summed E-state index contributed by atoms with van der Waals surface area (Å²) >= 11 is 0. The second-order valence-electron chi connectivity index (χ2n) is 7.78. The van der Waals surface area contributed by atoms with E-state index in [1.165, 1.54) is 13.8 Å². The van der Waals surface area contributed by atoms with Gasteiger partial charge >= 0.3 is 11.8 Å². The van der Waals surface area contributed by atoms with Gasteiger partial charge in [-0.25, -0.2) is 43.9 Å². The molecule has 162 valence electrons. The standard InChI is InChI=1S/C15H24F10Si2/c1-9(2)26-14(22,23)13(20,21)8-27(10(3)4,7-11(5,16)17)15(24,25)12(6,18)19/h9-10H,7-8H2,1-6H3. The van der Waals surface area contributed by atoms with E-state index in [2.05, 4.69) is 0 Å². The summed E-state index contributed by atoms with van der Waals surface area (Å²) < 4.78 is 140. The van der Waals surface area contributed by atoms with Crippen LogP contribution in [0.5, 0.6) is 0 Å². The number of halogens is 10. The van der Waals surface area contributed by atoms with E-state index in [0.29, 0.717) is 0 Å². The Balaban J connectivity index is 6.52. The zero-order valence-corrected chi connectivity index (χ0v) is 17.8. The van der Waals surface area contributed by atoms with Crippen LogP contribution in [0.3, 0.4) is 0 Å². The molecule has 0 heterocycles. The van der Waals surface area contributed by atoms with Crippen LogP contribution in [0.1, 0.15) is 41.5 Å². The van der Waals surface area contributed by atoms with Gasteiger partial charge in [0, 0.05) is 19.0 Å². The highest BCUT2D eigenvalue weighted by atomic mass is 28.3. The Kier molecular flexibility index (Phi) is 7.79. The summed E-state index contributed by atoms with van der Waals surface area (Å²) in [5.74, 6) is -14.0. The Labute approximate surface area is 155 Å². The van der Waals surface area contributed by atoms with Crippen molar-refractivity contribution in [3.05, 3.63) is 0 Å². The molecule has 0 amide bonds. The number of hydrogen-bond acceptors (Lipinski definition) is 0. The van der Waals surface area contributed by atoms with Gasteiger partial charge in [0.2, 0.25) is 5.92 Å². The quantitative estimate of drug-likeness (QED) is 0.246.